The van der Waals surface area contributed by atoms with Crippen LogP contribution in [0.15, 0.2) is 48.5 Å². The first-order valence-corrected chi connectivity index (χ1v) is 6.98. The fourth-order valence-corrected chi connectivity index (χ4v) is 2.09. The molecule has 0 aliphatic rings. The quantitative estimate of drug-likeness (QED) is 0.761. The van der Waals surface area contributed by atoms with Crippen LogP contribution < -0.4 is 10.5 Å². The molecule has 0 unspecified atom stereocenters. The zero-order valence-corrected chi connectivity index (χ0v) is 11.6. The highest BCUT2D eigenvalue weighted by Gasteiger charge is 2.06. The molecule has 0 heterocycles. The Morgan fingerprint density at radius 1 is 1.00 bits per heavy atom. The van der Waals surface area contributed by atoms with E-state index >= 15 is 0 Å². The molecule has 2 aromatic rings. The van der Waals surface area contributed by atoms with Crippen LogP contribution in [0.1, 0.15) is 24.0 Å². The van der Waals surface area contributed by atoms with Crippen molar-refractivity contribution >= 4 is 0 Å². The fraction of sp³-hybridized carbons (Fsp3) is 0.294. The number of rotatable bonds is 7. The Morgan fingerprint density at radius 3 is 2.55 bits per heavy atom. The fourth-order valence-electron chi connectivity index (χ4n) is 2.09. The Balaban J connectivity index is 2.07. The van der Waals surface area contributed by atoms with Crippen molar-refractivity contribution in [3.8, 4) is 11.5 Å². The minimum absolute atomic E-state index is 0.269. The number of hydrogen-bond acceptors (Lipinski definition) is 3. The zero-order chi connectivity index (χ0) is 14.2. The lowest BCUT2D eigenvalue weighted by Crippen LogP contribution is -2.04. The second kappa shape index (κ2) is 7.56. The number of unbranched alkanes of at least 4 members (excludes halogenated alkanes) is 1. The van der Waals surface area contributed by atoms with Crippen LogP contribution in [-0.2, 0) is 6.42 Å². The largest absolute Gasteiger partial charge is 0.508 e. The van der Waals surface area contributed by atoms with Gasteiger partial charge in [0.15, 0.2) is 0 Å². The smallest absolute Gasteiger partial charge is 0.123 e. The summed E-state index contributed by atoms with van der Waals surface area (Å²) in [6, 6.07) is 15.4. The van der Waals surface area contributed by atoms with E-state index in [1.165, 1.54) is 5.56 Å². The maximum Gasteiger partial charge on any atom is 0.123 e. The van der Waals surface area contributed by atoms with E-state index in [2.05, 4.69) is 12.1 Å². The van der Waals surface area contributed by atoms with Gasteiger partial charge in [-0.1, -0.05) is 30.3 Å². The van der Waals surface area contributed by atoms with Gasteiger partial charge in [-0.25, -0.2) is 0 Å². The molecule has 0 saturated heterocycles. The third-order valence-corrected chi connectivity index (χ3v) is 3.14. The topological polar surface area (TPSA) is 55.5 Å². The molecule has 0 aliphatic heterocycles. The molecule has 0 radical (unpaired) electrons. The van der Waals surface area contributed by atoms with E-state index in [0.717, 1.165) is 30.6 Å². The Morgan fingerprint density at radius 2 is 1.80 bits per heavy atom. The summed E-state index contributed by atoms with van der Waals surface area (Å²) in [6.45, 7) is 1.35. The second-order valence-electron chi connectivity index (χ2n) is 4.80. The summed E-state index contributed by atoms with van der Waals surface area (Å²) >= 11 is 0. The molecule has 0 atom stereocenters. The van der Waals surface area contributed by atoms with E-state index in [0.29, 0.717) is 13.2 Å². The van der Waals surface area contributed by atoms with E-state index < -0.39 is 0 Å². The maximum absolute atomic E-state index is 9.65. The van der Waals surface area contributed by atoms with Crippen molar-refractivity contribution in [2.24, 2.45) is 5.73 Å². The van der Waals surface area contributed by atoms with Crippen molar-refractivity contribution < 1.29 is 9.84 Å². The van der Waals surface area contributed by atoms with Gasteiger partial charge in [0.25, 0.3) is 0 Å². The summed E-state index contributed by atoms with van der Waals surface area (Å²) in [5, 5.41) is 9.65. The third kappa shape index (κ3) is 4.28. The summed E-state index contributed by atoms with van der Waals surface area (Å²) in [5.74, 6) is 1.11. The van der Waals surface area contributed by atoms with Gasteiger partial charge in [0.05, 0.1) is 6.61 Å². The van der Waals surface area contributed by atoms with E-state index in [-0.39, 0.29) is 5.75 Å². The van der Waals surface area contributed by atoms with Crippen molar-refractivity contribution in [2.75, 3.05) is 13.2 Å². The van der Waals surface area contributed by atoms with Crippen LogP contribution in [0.5, 0.6) is 11.5 Å². The van der Waals surface area contributed by atoms with Crippen molar-refractivity contribution in [1.82, 2.24) is 0 Å². The minimum atomic E-state index is 0.269. The highest BCUT2D eigenvalue weighted by atomic mass is 16.5. The molecule has 0 amide bonds. The normalized spacial score (nSPS) is 10.4. The number of phenols is 1. The van der Waals surface area contributed by atoms with Crippen LogP contribution in [0.4, 0.5) is 0 Å². The summed E-state index contributed by atoms with van der Waals surface area (Å²) in [7, 11) is 0. The van der Waals surface area contributed by atoms with Crippen LogP contribution in [0.3, 0.4) is 0 Å². The van der Waals surface area contributed by atoms with Crippen LogP contribution in [0.25, 0.3) is 0 Å². The number of aromatic hydroxyl groups is 1. The summed E-state index contributed by atoms with van der Waals surface area (Å²) in [4.78, 5) is 0. The molecular formula is C17H21NO2. The van der Waals surface area contributed by atoms with E-state index in [9.17, 15) is 5.11 Å². The first-order chi connectivity index (χ1) is 9.79. The van der Waals surface area contributed by atoms with Gasteiger partial charge < -0.3 is 15.6 Å². The predicted molar refractivity (Wildman–Crippen MR) is 81.1 cm³/mol. The molecule has 3 N–H and O–H groups in total. The molecule has 0 bridgehead atoms. The molecule has 0 aromatic heterocycles. The molecule has 3 nitrogen and oxygen atoms in total. The van der Waals surface area contributed by atoms with Crippen molar-refractivity contribution in [1.29, 1.82) is 0 Å². The number of phenolic OH excluding ortho intramolecular Hbond substituents is 1. The van der Waals surface area contributed by atoms with Gasteiger partial charge in [0.1, 0.15) is 11.5 Å². The molecule has 20 heavy (non-hydrogen) atoms. The molecule has 0 fully saturated rings. The minimum Gasteiger partial charge on any atom is -0.508 e. The van der Waals surface area contributed by atoms with Gasteiger partial charge >= 0.3 is 0 Å². The summed E-state index contributed by atoms with van der Waals surface area (Å²) in [6.07, 6.45) is 2.66. The van der Waals surface area contributed by atoms with Gasteiger partial charge in [0.2, 0.25) is 0 Å². The number of hydrogen-bond donors (Lipinski definition) is 2. The highest BCUT2D eigenvalue weighted by Crippen LogP contribution is 2.26. The SMILES string of the molecule is NCCCCOc1ccc(O)cc1Cc1ccccc1. The molecule has 2 aromatic carbocycles. The Kier molecular flexibility index (Phi) is 5.44. The molecule has 0 spiro atoms. The van der Waals surface area contributed by atoms with Crippen molar-refractivity contribution in [3.63, 3.8) is 0 Å². The number of nitrogens with two attached hydrogens (primary N) is 1. The average Bonchev–Trinajstić information content (AvgIpc) is 2.47. The second-order valence-corrected chi connectivity index (χ2v) is 4.80. The summed E-state index contributed by atoms with van der Waals surface area (Å²) in [5.41, 5.74) is 7.67. The Labute approximate surface area is 120 Å². The first-order valence-electron chi connectivity index (χ1n) is 6.98. The molecule has 3 heteroatoms. The summed E-state index contributed by atoms with van der Waals surface area (Å²) < 4.78 is 5.80. The third-order valence-electron chi connectivity index (χ3n) is 3.14. The monoisotopic (exact) mass is 271 g/mol. The maximum atomic E-state index is 9.65. The molecule has 2 rings (SSSR count). The highest BCUT2D eigenvalue weighted by molar-refractivity contribution is 5.42. The predicted octanol–water partition coefficient (Wildman–Crippen LogP) is 3.10. The molecule has 0 aliphatic carbocycles. The van der Waals surface area contributed by atoms with E-state index in [4.69, 9.17) is 10.5 Å². The van der Waals surface area contributed by atoms with Crippen LogP contribution in [0, 0.1) is 0 Å². The lowest BCUT2D eigenvalue weighted by Gasteiger charge is -2.12. The Hall–Kier alpha value is -2.00. The van der Waals surface area contributed by atoms with E-state index in [1.807, 2.05) is 24.3 Å². The number of ether oxygens (including phenoxy) is 1. The molecule has 106 valence electrons. The van der Waals surface area contributed by atoms with Gasteiger partial charge in [0, 0.05) is 12.0 Å². The van der Waals surface area contributed by atoms with Gasteiger partial charge in [-0.05, 0) is 43.1 Å². The molecular weight excluding hydrogens is 250 g/mol. The van der Waals surface area contributed by atoms with Crippen LogP contribution in [0.2, 0.25) is 0 Å². The molecule has 0 saturated carbocycles. The Bertz CT molecular complexity index is 526. The lowest BCUT2D eigenvalue weighted by molar-refractivity contribution is 0.304. The van der Waals surface area contributed by atoms with Crippen molar-refractivity contribution in [2.45, 2.75) is 19.3 Å². The number of benzene rings is 2. The van der Waals surface area contributed by atoms with E-state index in [1.54, 1.807) is 12.1 Å². The first kappa shape index (κ1) is 14.4. The van der Waals surface area contributed by atoms with Gasteiger partial charge in [-0.15, -0.1) is 0 Å². The van der Waals surface area contributed by atoms with Gasteiger partial charge in [-0.2, -0.15) is 0 Å². The van der Waals surface area contributed by atoms with Crippen LogP contribution in [-0.4, -0.2) is 18.3 Å². The van der Waals surface area contributed by atoms with Crippen molar-refractivity contribution in [3.05, 3.63) is 59.7 Å². The standard InChI is InChI=1S/C17H21NO2/c18-10-4-5-11-20-17-9-8-16(19)13-15(17)12-14-6-2-1-3-7-14/h1-3,6-9,13,19H,4-5,10-12,18H2. The average molecular weight is 271 g/mol. The zero-order valence-electron chi connectivity index (χ0n) is 11.6. The van der Waals surface area contributed by atoms with Crippen LogP contribution >= 0.6 is 0 Å². The lowest BCUT2D eigenvalue weighted by atomic mass is 10.0. The van der Waals surface area contributed by atoms with Gasteiger partial charge in [-0.3, -0.25) is 0 Å².